The minimum absolute atomic E-state index is 0.0412. The van der Waals surface area contributed by atoms with Crippen LogP contribution in [0.5, 0.6) is 5.75 Å². The van der Waals surface area contributed by atoms with Gasteiger partial charge in [-0.05, 0) is 18.9 Å². The number of nitro benzene ring substituents is 1. The normalized spacial score (nSPS) is 19.8. The van der Waals surface area contributed by atoms with Crippen LogP contribution in [0, 0.1) is 10.1 Å². The van der Waals surface area contributed by atoms with Gasteiger partial charge in [0, 0.05) is 30.7 Å². The van der Waals surface area contributed by atoms with E-state index in [2.05, 4.69) is 23.6 Å². The summed E-state index contributed by atoms with van der Waals surface area (Å²) in [6, 6.07) is 12.0. The van der Waals surface area contributed by atoms with Crippen molar-refractivity contribution in [3.8, 4) is 5.75 Å². The van der Waals surface area contributed by atoms with E-state index in [0.29, 0.717) is 12.0 Å². The fraction of sp³-hybridized carbons (Fsp3) is 0.278. The fourth-order valence-electron chi connectivity index (χ4n) is 3.40. The van der Waals surface area contributed by atoms with Crippen LogP contribution in [-0.2, 0) is 11.8 Å². The molecule has 0 aliphatic carbocycles. The molecule has 0 bridgehead atoms. The predicted molar refractivity (Wildman–Crippen MR) is 86.6 cm³/mol. The van der Waals surface area contributed by atoms with Crippen LogP contribution in [-0.4, -0.2) is 22.3 Å². The fourth-order valence-corrected chi connectivity index (χ4v) is 3.40. The second-order valence-corrected chi connectivity index (χ2v) is 6.22. The lowest BCUT2D eigenvalue weighted by molar-refractivity contribution is -0.403. The summed E-state index contributed by atoms with van der Waals surface area (Å²) in [7, 11) is 2.00. The first kappa shape index (κ1) is 15.2. The summed E-state index contributed by atoms with van der Waals surface area (Å²) in [5.74, 6) is -0.156. The Hall–Kier alpha value is -2.69. The van der Waals surface area contributed by atoms with Gasteiger partial charge in [0.15, 0.2) is 5.71 Å². The molecule has 0 N–H and O–H groups in total. The van der Waals surface area contributed by atoms with E-state index in [0.717, 1.165) is 17.0 Å². The highest BCUT2D eigenvalue weighted by Gasteiger charge is 2.45. The van der Waals surface area contributed by atoms with Crippen LogP contribution in [0.25, 0.3) is 0 Å². The second-order valence-electron chi connectivity index (χ2n) is 6.22. The molecule has 1 atom stereocenters. The van der Waals surface area contributed by atoms with Gasteiger partial charge in [-0.3, -0.25) is 10.1 Å². The quantitative estimate of drug-likeness (QED) is 0.497. The number of fused-ring (bicyclic) bond motifs is 1. The van der Waals surface area contributed by atoms with Crippen molar-refractivity contribution in [3.05, 3.63) is 63.7 Å². The molecule has 1 aliphatic rings. The number of hydrogen-bond donors (Lipinski definition) is 0. The number of rotatable bonds is 3. The molecule has 0 radical (unpaired) electrons. The van der Waals surface area contributed by atoms with Crippen LogP contribution in [0.15, 0.2) is 42.5 Å². The summed E-state index contributed by atoms with van der Waals surface area (Å²) in [6.45, 7) is 4.13. The molecule has 118 valence electrons. The molecule has 0 aromatic heterocycles. The highest BCUT2D eigenvalue weighted by Crippen LogP contribution is 2.42. The van der Waals surface area contributed by atoms with Crippen molar-refractivity contribution in [2.45, 2.75) is 25.7 Å². The van der Waals surface area contributed by atoms with E-state index >= 15 is 0 Å². The Morgan fingerprint density at radius 3 is 2.61 bits per heavy atom. The summed E-state index contributed by atoms with van der Waals surface area (Å²) in [4.78, 5) is 10.5. The van der Waals surface area contributed by atoms with Crippen LogP contribution in [0.2, 0.25) is 0 Å². The van der Waals surface area contributed by atoms with Crippen molar-refractivity contribution in [1.82, 2.24) is 0 Å². The lowest BCUT2D eigenvalue weighted by atomic mass is 9.75. The Morgan fingerprint density at radius 1 is 1.22 bits per heavy atom. The van der Waals surface area contributed by atoms with Gasteiger partial charge < -0.3 is 5.11 Å². The van der Waals surface area contributed by atoms with E-state index in [1.165, 1.54) is 18.2 Å². The third-order valence-electron chi connectivity index (χ3n) is 4.96. The van der Waals surface area contributed by atoms with E-state index in [-0.39, 0.29) is 16.9 Å². The summed E-state index contributed by atoms with van der Waals surface area (Å²) in [5.41, 5.74) is 3.48. The Labute approximate surface area is 134 Å². The molecule has 2 aromatic carbocycles. The summed E-state index contributed by atoms with van der Waals surface area (Å²) < 4.78 is 2.12. The molecule has 0 spiro atoms. The van der Waals surface area contributed by atoms with Crippen LogP contribution in [0.3, 0.4) is 0 Å². The number of non-ortho nitro benzene ring substituents is 1. The van der Waals surface area contributed by atoms with Crippen molar-refractivity contribution in [3.63, 3.8) is 0 Å². The summed E-state index contributed by atoms with van der Waals surface area (Å²) in [5, 5.41) is 23.2. The molecule has 5 heteroatoms. The van der Waals surface area contributed by atoms with Crippen molar-refractivity contribution >= 4 is 17.1 Å². The SMILES string of the molecule is CC1=[N+](C)c2ccccc2C1(C)Cc1cc([N+](=O)[O-])ccc1[O-]. The second kappa shape index (κ2) is 5.19. The molecule has 3 rings (SSSR count). The number of nitro groups is 1. The monoisotopic (exact) mass is 310 g/mol. The van der Waals surface area contributed by atoms with Crippen LogP contribution >= 0.6 is 0 Å². The molecule has 0 saturated carbocycles. The number of benzene rings is 2. The molecule has 1 heterocycles. The van der Waals surface area contributed by atoms with Gasteiger partial charge in [-0.15, -0.1) is 5.75 Å². The first-order valence-corrected chi connectivity index (χ1v) is 7.46. The minimum Gasteiger partial charge on any atom is -0.872 e. The van der Waals surface area contributed by atoms with E-state index in [1.54, 1.807) is 0 Å². The van der Waals surface area contributed by atoms with Gasteiger partial charge in [0.2, 0.25) is 5.69 Å². The van der Waals surface area contributed by atoms with E-state index < -0.39 is 4.92 Å². The number of hydrogen-bond acceptors (Lipinski definition) is 3. The Kier molecular flexibility index (Phi) is 3.43. The van der Waals surface area contributed by atoms with Gasteiger partial charge in [-0.2, -0.15) is 0 Å². The lowest BCUT2D eigenvalue weighted by Gasteiger charge is -2.25. The Balaban J connectivity index is 2.10. The van der Waals surface area contributed by atoms with E-state index in [1.807, 2.05) is 26.1 Å². The van der Waals surface area contributed by atoms with Gasteiger partial charge in [0.1, 0.15) is 7.05 Å². The Bertz CT molecular complexity index is 842. The number of nitrogens with zero attached hydrogens (tertiary/aromatic N) is 2. The molecule has 0 saturated heterocycles. The molecular formula is C18H18N2O3. The largest absolute Gasteiger partial charge is 0.872 e. The van der Waals surface area contributed by atoms with Gasteiger partial charge >= 0.3 is 0 Å². The zero-order chi connectivity index (χ0) is 16.8. The smallest absolute Gasteiger partial charge is 0.269 e. The van der Waals surface area contributed by atoms with E-state index in [4.69, 9.17) is 0 Å². The molecular weight excluding hydrogens is 292 g/mol. The number of para-hydroxylation sites is 1. The zero-order valence-corrected chi connectivity index (χ0v) is 13.4. The maximum Gasteiger partial charge on any atom is 0.269 e. The zero-order valence-electron chi connectivity index (χ0n) is 13.4. The van der Waals surface area contributed by atoms with Crippen molar-refractivity contribution in [1.29, 1.82) is 0 Å². The highest BCUT2D eigenvalue weighted by atomic mass is 16.6. The third-order valence-corrected chi connectivity index (χ3v) is 4.96. The van der Waals surface area contributed by atoms with Crippen molar-refractivity contribution in [2.75, 3.05) is 7.05 Å². The first-order valence-electron chi connectivity index (χ1n) is 7.46. The lowest BCUT2D eigenvalue weighted by Crippen LogP contribution is -2.32. The molecule has 1 unspecified atom stereocenters. The van der Waals surface area contributed by atoms with Gasteiger partial charge in [0.05, 0.1) is 10.3 Å². The van der Waals surface area contributed by atoms with Crippen LogP contribution in [0.4, 0.5) is 11.4 Å². The van der Waals surface area contributed by atoms with Gasteiger partial charge in [0.25, 0.3) is 5.69 Å². The molecule has 0 fully saturated rings. The van der Waals surface area contributed by atoms with Crippen LogP contribution < -0.4 is 5.11 Å². The summed E-state index contributed by atoms with van der Waals surface area (Å²) in [6.07, 6.45) is 0.445. The maximum absolute atomic E-state index is 12.2. The molecule has 2 aromatic rings. The molecule has 23 heavy (non-hydrogen) atoms. The average molecular weight is 310 g/mol. The predicted octanol–water partition coefficient (Wildman–Crippen LogP) is 2.92. The Morgan fingerprint density at radius 2 is 1.91 bits per heavy atom. The van der Waals surface area contributed by atoms with Crippen molar-refractivity contribution in [2.24, 2.45) is 0 Å². The minimum atomic E-state index is -0.462. The van der Waals surface area contributed by atoms with Gasteiger partial charge in [-0.25, -0.2) is 4.58 Å². The van der Waals surface area contributed by atoms with Crippen LogP contribution in [0.1, 0.15) is 25.0 Å². The topological polar surface area (TPSA) is 69.2 Å². The third kappa shape index (κ3) is 2.29. The average Bonchev–Trinajstić information content (AvgIpc) is 2.72. The molecule has 1 aliphatic heterocycles. The van der Waals surface area contributed by atoms with Crippen molar-refractivity contribution < 1.29 is 14.6 Å². The standard InChI is InChI=1S/C18H18N2O3/c1-12-18(2,15-6-4-5-7-16(15)19(12)3)11-13-10-14(20(22)23)8-9-17(13)21/h4-10H,11H2,1-3H3. The maximum atomic E-state index is 12.2. The first-order chi connectivity index (χ1) is 10.8. The molecule has 0 amide bonds. The summed E-state index contributed by atoms with van der Waals surface area (Å²) >= 11 is 0. The highest BCUT2D eigenvalue weighted by molar-refractivity contribution is 5.94. The van der Waals surface area contributed by atoms with E-state index in [9.17, 15) is 15.2 Å². The van der Waals surface area contributed by atoms with Gasteiger partial charge in [-0.1, -0.05) is 24.3 Å². The molecule has 5 nitrogen and oxygen atoms in total.